The van der Waals surface area contributed by atoms with Crippen molar-refractivity contribution in [1.29, 1.82) is 0 Å². The van der Waals surface area contributed by atoms with E-state index in [1.807, 2.05) is 0 Å². The van der Waals surface area contributed by atoms with Crippen molar-refractivity contribution in [1.82, 2.24) is 20.4 Å². The number of likely N-dealkylation sites (tertiary alicyclic amines) is 1. The first-order valence-corrected chi connectivity index (χ1v) is 14.1. The van der Waals surface area contributed by atoms with E-state index in [4.69, 9.17) is 14.0 Å². The van der Waals surface area contributed by atoms with Gasteiger partial charge in [0.25, 0.3) is 0 Å². The van der Waals surface area contributed by atoms with E-state index < -0.39 is 41.2 Å². The summed E-state index contributed by atoms with van der Waals surface area (Å²) in [5.41, 5.74) is -1.92. The van der Waals surface area contributed by atoms with Crippen LogP contribution in [0.25, 0.3) is 11.4 Å². The average molecular weight is 594 g/mol. The van der Waals surface area contributed by atoms with E-state index in [-0.39, 0.29) is 28.8 Å². The minimum atomic E-state index is -4.52. The van der Waals surface area contributed by atoms with Gasteiger partial charge >= 0.3 is 18.4 Å². The van der Waals surface area contributed by atoms with Crippen LogP contribution in [0.5, 0.6) is 0 Å². The molecule has 2 aliphatic rings. The molecule has 0 radical (unpaired) electrons. The quantitative estimate of drug-likeness (QED) is 0.289. The Labute approximate surface area is 243 Å². The fourth-order valence-corrected chi connectivity index (χ4v) is 4.66. The Bertz CT molecular complexity index is 1320. The van der Waals surface area contributed by atoms with Gasteiger partial charge in [-0.15, -0.1) is 4.99 Å². The molecule has 0 bridgehead atoms. The number of ether oxygens (including phenoxy) is 2. The van der Waals surface area contributed by atoms with Crippen LogP contribution < -0.4 is 5.32 Å². The molecule has 0 unspecified atom stereocenters. The van der Waals surface area contributed by atoms with Gasteiger partial charge < -0.3 is 18.9 Å². The smallest absolute Gasteiger partial charge is 0.437 e. The van der Waals surface area contributed by atoms with Gasteiger partial charge in [0, 0.05) is 12.1 Å². The van der Waals surface area contributed by atoms with Crippen LogP contribution in [0.15, 0.2) is 27.7 Å². The first-order chi connectivity index (χ1) is 19.5. The van der Waals surface area contributed by atoms with E-state index in [2.05, 4.69) is 20.4 Å². The van der Waals surface area contributed by atoms with E-state index >= 15 is 0 Å². The number of carbonyl (C=O) groups excluding carboxylic acids is 2. The van der Waals surface area contributed by atoms with Gasteiger partial charge in [0.15, 0.2) is 0 Å². The number of aliphatic imine (C=N–C) groups is 1. The maximum Gasteiger partial charge on any atom is 0.437 e. The van der Waals surface area contributed by atoms with Crippen LogP contribution in [0.4, 0.5) is 22.8 Å². The minimum absolute atomic E-state index is 0.00169. The van der Waals surface area contributed by atoms with E-state index in [1.165, 1.54) is 6.07 Å². The Balaban J connectivity index is 1.60. The van der Waals surface area contributed by atoms with Gasteiger partial charge in [0.2, 0.25) is 17.7 Å². The molecule has 13 heteroatoms. The highest BCUT2D eigenvalue weighted by atomic mass is 19.4. The molecule has 1 saturated carbocycles. The minimum Gasteiger partial charge on any atom is -0.444 e. The summed E-state index contributed by atoms with van der Waals surface area (Å²) in [6, 6.07) is 3.50. The lowest BCUT2D eigenvalue weighted by molar-refractivity contribution is -0.138. The van der Waals surface area contributed by atoms with E-state index in [1.54, 1.807) is 52.5 Å². The highest BCUT2D eigenvalue weighted by Gasteiger charge is 2.37. The predicted octanol–water partition coefficient (Wildman–Crippen LogP) is 7.05. The molecule has 1 N–H and O–H groups in total. The summed E-state index contributed by atoms with van der Waals surface area (Å²) in [5, 5.41) is 6.48. The lowest BCUT2D eigenvalue weighted by Crippen LogP contribution is -2.46. The summed E-state index contributed by atoms with van der Waals surface area (Å²) < 4.78 is 57.9. The van der Waals surface area contributed by atoms with Gasteiger partial charge in [-0.3, -0.25) is 5.32 Å². The molecule has 42 heavy (non-hydrogen) atoms. The highest BCUT2D eigenvalue weighted by Crippen LogP contribution is 2.39. The number of halogens is 3. The van der Waals surface area contributed by atoms with Crippen LogP contribution >= 0.6 is 0 Å². The van der Waals surface area contributed by atoms with Crippen LogP contribution in [0.3, 0.4) is 0 Å². The Kier molecular flexibility index (Phi) is 8.89. The molecule has 1 aromatic heterocycles. The number of rotatable bonds is 5. The monoisotopic (exact) mass is 593 g/mol. The molecule has 2 fully saturated rings. The van der Waals surface area contributed by atoms with Crippen molar-refractivity contribution in [2.24, 2.45) is 10.9 Å². The summed E-state index contributed by atoms with van der Waals surface area (Å²) in [6.07, 6.45) is -1.92. The largest absolute Gasteiger partial charge is 0.444 e. The topological polar surface area (TPSA) is 119 Å². The standard InChI is InChI=1S/C29H38F3N5O5/c1-27(2,3)40-25(38)34-24(35-26(39)41-28(4,5)6)37-15-7-8-21(37)23-33-22(36-42-23)19-14-13-18(12-11-17-9-10-17)20(16-19)29(30,31)32/h13-14,16-17,21H,7-12,15H2,1-6H3,(H,34,35,38,39)/t21-/m0/s1. The number of aryl methyl sites for hydroxylation is 1. The van der Waals surface area contributed by atoms with Crippen molar-refractivity contribution in [3.05, 3.63) is 35.2 Å². The van der Waals surface area contributed by atoms with Gasteiger partial charge in [-0.25, -0.2) is 9.59 Å². The SMILES string of the molecule is CC(C)(C)OC(=O)/N=C(\NC(=O)OC(C)(C)C)N1CCC[C@H]1c1nc(-c2ccc(CCC3CC3)c(C(F)(F)F)c2)no1. The Morgan fingerprint density at radius 3 is 2.38 bits per heavy atom. The number of guanidine groups is 1. The lowest BCUT2D eigenvalue weighted by Gasteiger charge is -2.27. The third-order valence-electron chi connectivity index (χ3n) is 6.65. The molecule has 1 aromatic carbocycles. The van der Waals surface area contributed by atoms with E-state index in [9.17, 15) is 22.8 Å². The molecule has 1 atom stereocenters. The Hall–Kier alpha value is -3.64. The summed E-state index contributed by atoms with van der Waals surface area (Å²) in [7, 11) is 0. The summed E-state index contributed by atoms with van der Waals surface area (Å²) in [5.74, 6) is 0.493. The third kappa shape index (κ3) is 8.68. The van der Waals surface area contributed by atoms with Crippen molar-refractivity contribution in [2.45, 2.75) is 103 Å². The molecule has 2 heterocycles. The number of alkyl carbamates (subject to hydrolysis) is 1. The van der Waals surface area contributed by atoms with Crippen LogP contribution in [-0.2, 0) is 22.1 Å². The predicted molar refractivity (Wildman–Crippen MR) is 148 cm³/mol. The molecule has 1 aliphatic carbocycles. The maximum absolute atomic E-state index is 13.9. The summed E-state index contributed by atoms with van der Waals surface area (Å²) in [6.45, 7) is 10.5. The molecule has 230 valence electrons. The maximum atomic E-state index is 13.9. The number of alkyl halides is 3. The molecular formula is C29H38F3N5O5. The first kappa shape index (κ1) is 31.3. The van der Waals surface area contributed by atoms with Crippen molar-refractivity contribution >= 4 is 18.1 Å². The second kappa shape index (κ2) is 11.9. The molecule has 4 rings (SSSR count). The number of hydrogen-bond donors (Lipinski definition) is 1. The molecule has 2 amide bonds. The van der Waals surface area contributed by atoms with Gasteiger partial charge in [-0.2, -0.15) is 18.2 Å². The number of carbonyl (C=O) groups is 2. The third-order valence-corrected chi connectivity index (χ3v) is 6.65. The number of nitrogens with one attached hydrogen (secondary N) is 1. The van der Waals surface area contributed by atoms with Crippen molar-refractivity contribution in [2.75, 3.05) is 6.54 Å². The number of nitrogens with zero attached hydrogens (tertiary/aromatic N) is 4. The fraction of sp³-hybridized carbons (Fsp3) is 0.621. The zero-order chi connectivity index (χ0) is 30.9. The van der Waals surface area contributed by atoms with Gasteiger partial charge in [-0.1, -0.05) is 30.1 Å². The zero-order valence-electron chi connectivity index (χ0n) is 24.8. The molecule has 2 aromatic rings. The van der Waals surface area contributed by atoms with E-state index in [0.29, 0.717) is 31.7 Å². The average Bonchev–Trinajstić information content (AvgIpc) is 3.31. The van der Waals surface area contributed by atoms with Gasteiger partial charge in [0.05, 0.1) is 5.56 Å². The zero-order valence-corrected chi connectivity index (χ0v) is 24.8. The van der Waals surface area contributed by atoms with E-state index in [0.717, 1.165) is 25.3 Å². The number of benzene rings is 1. The van der Waals surface area contributed by atoms with Gasteiger partial charge in [-0.05, 0) is 84.8 Å². The second-order valence-electron chi connectivity index (χ2n) is 12.7. The molecule has 10 nitrogen and oxygen atoms in total. The Morgan fingerprint density at radius 1 is 1.07 bits per heavy atom. The molecule has 1 aliphatic heterocycles. The lowest BCUT2D eigenvalue weighted by atomic mass is 9.98. The summed E-state index contributed by atoms with van der Waals surface area (Å²) >= 11 is 0. The first-order valence-electron chi connectivity index (χ1n) is 14.1. The van der Waals surface area contributed by atoms with Crippen molar-refractivity contribution < 1.29 is 36.8 Å². The normalized spacial score (nSPS) is 18.3. The number of amides is 2. The number of hydrogen-bond acceptors (Lipinski definition) is 7. The highest BCUT2D eigenvalue weighted by molar-refractivity contribution is 5.99. The van der Waals surface area contributed by atoms with Crippen LogP contribution in [0.2, 0.25) is 0 Å². The fourth-order valence-electron chi connectivity index (χ4n) is 4.66. The van der Waals surface area contributed by atoms with Crippen LogP contribution in [-0.4, -0.2) is 50.9 Å². The molecular weight excluding hydrogens is 555 g/mol. The molecule has 0 spiro atoms. The Morgan fingerprint density at radius 2 is 1.76 bits per heavy atom. The van der Waals surface area contributed by atoms with Crippen LogP contribution in [0, 0.1) is 5.92 Å². The van der Waals surface area contributed by atoms with Crippen molar-refractivity contribution in [3.8, 4) is 11.4 Å². The van der Waals surface area contributed by atoms with Crippen LogP contribution in [0.1, 0.15) is 96.7 Å². The summed E-state index contributed by atoms with van der Waals surface area (Å²) in [4.78, 5) is 35.2. The second-order valence-corrected chi connectivity index (χ2v) is 12.7. The number of aromatic nitrogens is 2. The van der Waals surface area contributed by atoms with Crippen molar-refractivity contribution in [3.63, 3.8) is 0 Å². The van der Waals surface area contributed by atoms with Gasteiger partial charge in [0.1, 0.15) is 17.2 Å². The molecule has 1 saturated heterocycles.